The van der Waals surface area contributed by atoms with Crippen LogP contribution in [0, 0.1) is 0 Å². The smallest absolute Gasteiger partial charge is 0.358 e. The first-order chi connectivity index (χ1) is 13.7. The van der Waals surface area contributed by atoms with Crippen LogP contribution >= 0.6 is 24.0 Å². The summed E-state index contributed by atoms with van der Waals surface area (Å²) < 4.78 is 61.4. The lowest BCUT2D eigenvalue weighted by atomic mass is 10.1. The monoisotopic (exact) mass is 559 g/mol. The van der Waals surface area contributed by atoms with Gasteiger partial charge in [0, 0.05) is 50.4 Å². The summed E-state index contributed by atoms with van der Waals surface area (Å²) in [7, 11) is -3.64. The summed E-state index contributed by atoms with van der Waals surface area (Å²) >= 11 is 0. The lowest BCUT2D eigenvalue weighted by Gasteiger charge is -2.32. The van der Waals surface area contributed by atoms with Crippen LogP contribution in [0.15, 0.2) is 35.3 Å². The molecule has 7 nitrogen and oxygen atoms in total. The number of piperidine rings is 1. The quantitative estimate of drug-likeness (QED) is 0.299. The normalized spacial score (nSPS) is 17.0. The van der Waals surface area contributed by atoms with Crippen LogP contribution in [0.25, 0.3) is 10.9 Å². The van der Waals surface area contributed by atoms with Crippen molar-refractivity contribution < 1.29 is 21.6 Å². The van der Waals surface area contributed by atoms with Crippen molar-refractivity contribution in [2.75, 3.05) is 26.7 Å². The molecule has 1 saturated heterocycles. The first-order valence-corrected chi connectivity index (χ1v) is 10.7. The number of para-hydroxylation sites is 1. The molecule has 1 aromatic heterocycles. The van der Waals surface area contributed by atoms with Gasteiger partial charge in [-0.25, -0.2) is 8.42 Å². The number of alkyl halides is 3. The number of nitrogens with one attached hydrogen (secondary N) is 3. The number of nitrogens with zero attached hydrogens (tertiary/aromatic N) is 2. The average Bonchev–Trinajstić information content (AvgIpc) is 3.09. The molecule has 3 rings (SSSR count). The topological polar surface area (TPSA) is 89.6 Å². The molecule has 0 atom stereocenters. The molecule has 3 N–H and O–H groups in total. The minimum Gasteiger partial charge on any atom is -0.358 e. The van der Waals surface area contributed by atoms with Gasteiger partial charge in [0.1, 0.15) is 0 Å². The molecule has 0 unspecified atom stereocenters. The van der Waals surface area contributed by atoms with Crippen LogP contribution < -0.4 is 10.6 Å². The summed E-state index contributed by atoms with van der Waals surface area (Å²) in [5, 5.41) is 7.48. The minimum absolute atomic E-state index is 0. The van der Waals surface area contributed by atoms with Gasteiger partial charge in [-0.2, -0.15) is 17.5 Å². The molecule has 0 spiro atoms. The Morgan fingerprint density at radius 3 is 2.53 bits per heavy atom. The Hall–Kier alpha value is -1.54. The number of aromatic nitrogens is 1. The van der Waals surface area contributed by atoms with Crippen LogP contribution in [0.4, 0.5) is 13.2 Å². The fourth-order valence-corrected chi connectivity index (χ4v) is 4.34. The van der Waals surface area contributed by atoms with Gasteiger partial charge in [-0.1, -0.05) is 18.2 Å². The zero-order chi connectivity index (χ0) is 21.1. The number of aromatic amines is 1. The van der Waals surface area contributed by atoms with Crippen LogP contribution in [0.5, 0.6) is 0 Å². The first-order valence-electron chi connectivity index (χ1n) is 9.31. The molecule has 0 aliphatic carbocycles. The zero-order valence-electron chi connectivity index (χ0n) is 16.4. The SMILES string of the molecule is CN=C(NCCc1cc2ccccc2[nH]1)NC1CCN(S(=O)(=O)C(F)(F)F)CC1.I. The number of halogens is 4. The van der Waals surface area contributed by atoms with Crippen molar-refractivity contribution in [3.63, 3.8) is 0 Å². The van der Waals surface area contributed by atoms with E-state index < -0.39 is 15.5 Å². The van der Waals surface area contributed by atoms with Crippen LogP contribution in [0.3, 0.4) is 0 Å². The van der Waals surface area contributed by atoms with E-state index in [1.807, 2.05) is 24.3 Å². The molecule has 2 aromatic rings. The third kappa shape index (κ3) is 5.78. The third-order valence-electron chi connectivity index (χ3n) is 4.92. The average molecular weight is 559 g/mol. The Morgan fingerprint density at radius 2 is 1.93 bits per heavy atom. The fraction of sp³-hybridized carbons (Fsp3) is 0.500. The highest BCUT2D eigenvalue weighted by Crippen LogP contribution is 2.28. The molecule has 0 amide bonds. The van der Waals surface area contributed by atoms with E-state index in [1.54, 1.807) is 7.05 Å². The number of benzene rings is 1. The number of hydrogen-bond donors (Lipinski definition) is 3. The van der Waals surface area contributed by atoms with E-state index in [0.717, 1.165) is 23.0 Å². The molecule has 1 aliphatic heterocycles. The predicted molar refractivity (Wildman–Crippen MR) is 121 cm³/mol. The second-order valence-electron chi connectivity index (χ2n) is 6.90. The number of guanidine groups is 1. The lowest BCUT2D eigenvalue weighted by Crippen LogP contribution is -2.51. The molecule has 1 aliphatic rings. The Balaban J connectivity index is 0.00000320. The van der Waals surface area contributed by atoms with Gasteiger partial charge in [-0.3, -0.25) is 4.99 Å². The van der Waals surface area contributed by atoms with Gasteiger partial charge in [0.25, 0.3) is 0 Å². The number of sulfonamides is 1. The molecule has 168 valence electrons. The molecule has 30 heavy (non-hydrogen) atoms. The second-order valence-corrected chi connectivity index (χ2v) is 8.83. The van der Waals surface area contributed by atoms with Crippen molar-refractivity contribution in [1.82, 2.24) is 19.9 Å². The molecule has 1 fully saturated rings. The highest BCUT2D eigenvalue weighted by Gasteiger charge is 2.50. The maximum absolute atomic E-state index is 12.7. The summed E-state index contributed by atoms with van der Waals surface area (Å²) in [5.41, 5.74) is -3.10. The van der Waals surface area contributed by atoms with E-state index in [4.69, 9.17) is 0 Å². The summed E-state index contributed by atoms with van der Waals surface area (Å²) in [4.78, 5) is 7.48. The van der Waals surface area contributed by atoms with Crippen LogP contribution in [-0.4, -0.2) is 61.9 Å². The van der Waals surface area contributed by atoms with E-state index >= 15 is 0 Å². The Bertz CT molecular complexity index is 937. The summed E-state index contributed by atoms with van der Waals surface area (Å²) in [6.45, 7) is 0.269. The zero-order valence-corrected chi connectivity index (χ0v) is 19.5. The highest BCUT2D eigenvalue weighted by molar-refractivity contribution is 14.0. The Labute approximate surface area is 190 Å². The maximum atomic E-state index is 12.7. The lowest BCUT2D eigenvalue weighted by molar-refractivity contribution is -0.0494. The third-order valence-corrected chi connectivity index (χ3v) is 6.55. The Kier molecular flexibility index (Phi) is 8.39. The van der Waals surface area contributed by atoms with Gasteiger partial charge in [-0.05, 0) is 30.4 Å². The van der Waals surface area contributed by atoms with Gasteiger partial charge in [0.2, 0.25) is 0 Å². The van der Waals surface area contributed by atoms with Crippen molar-refractivity contribution in [1.29, 1.82) is 0 Å². The van der Waals surface area contributed by atoms with Crippen LogP contribution in [0.2, 0.25) is 0 Å². The van der Waals surface area contributed by atoms with E-state index in [2.05, 4.69) is 26.7 Å². The van der Waals surface area contributed by atoms with E-state index in [1.165, 1.54) is 0 Å². The van der Waals surface area contributed by atoms with Gasteiger partial charge in [0.15, 0.2) is 5.96 Å². The molecule has 2 heterocycles. The number of H-pyrrole nitrogens is 1. The van der Waals surface area contributed by atoms with Crippen LogP contribution in [0.1, 0.15) is 18.5 Å². The van der Waals surface area contributed by atoms with E-state index in [0.29, 0.717) is 16.8 Å². The predicted octanol–water partition coefficient (Wildman–Crippen LogP) is 2.81. The number of rotatable bonds is 5. The molecule has 0 saturated carbocycles. The number of fused-ring (bicyclic) bond motifs is 1. The maximum Gasteiger partial charge on any atom is 0.511 e. The largest absolute Gasteiger partial charge is 0.511 e. The second kappa shape index (κ2) is 10.2. The van der Waals surface area contributed by atoms with Crippen molar-refractivity contribution in [2.24, 2.45) is 4.99 Å². The van der Waals surface area contributed by atoms with Crippen molar-refractivity contribution in [3.05, 3.63) is 36.0 Å². The molecule has 0 bridgehead atoms. The van der Waals surface area contributed by atoms with E-state index in [-0.39, 0.29) is 55.9 Å². The first kappa shape index (κ1) is 24.7. The van der Waals surface area contributed by atoms with Crippen molar-refractivity contribution >= 4 is 50.9 Å². The minimum atomic E-state index is -5.26. The number of aliphatic imine (C=N–C) groups is 1. The molecule has 0 radical (unpaired) electrons. The highest BCUT2D eigenvalue weighted by atomic mass is 127. The summed E-state index contributed by atoms with van der Waals surface area (Å²) in [5.74, 6) is 0.540. The summed E-state index contributed by atoms with van der Waals surface area (Å²) in [6, 6.07) is 9.94. The van der Waals surface area contributed by atoms with Crippen molar-refractivity contribution in [2.45, 2.75) is 30.8 Å². The van der Waals surface area contributed by atoms with Gasteiger partial charge >= 0.3 is 15.5 Å². The number of hydrogen-bond acceptors (Lipinski definition) is 3. The van der Waals surface area contributed by atoms with Crippen molar-refractivity contribution in [3.8, 4) is 0 Å². The molecule has 12 heteroatoms. The standard InChI is InChI=1S/C18H24F3N5O2S.HI/c1-22-17(23-9-6-15-12-13-4-2-3-5-16(13)24-15)25-14-7-10-26(11-8-14)29(27,28)18(19,20)21;/h2-5,12,14,24H,6-11H2,1H3,(H2,22,23,25);1H. The van der Waals surface area contributed by atoms with Gasteiger partial charge < -0.3 is 15.6 Å². The van der Waals surface area contributed by atoms with Gasteiger partial charge in [0.05, 0.1) is 0 Å². The summed E-state index contributed by atoms with van der Waals surface area (Å²) in [6.07, 6.45) is 1.30. The fourth-order valence-electron chi connectivity index (χ4n) is 3.36. The molecule has 1 aromatic carbocycles. The molecular formula is C18H25F3IN5O2S. The molecular weight excluding hydrogens is 534 g/mol. The van der Waals surface area contributed by atoms with Gasteiger partial charge in [-0.15, -0.1) is 24.0 Å². The van der Waals surface area contributed by atoms with Crippen LogP contribution in [-0.2, 0) is 16.4 Å². The van der Waals surface area contributed by atoms with E-state index in [9.17, 15) is 21.6 Å². The Morgan fingerprint density at radius 1 is 1.27 bits per heavy atom.